The molecule has 1 atom stereocenters. The Hall–Kier alpha value is -1.28. The average molecular weight is 243 g/mol. The van der Waals surface area contributed by atoms with Gasteiger partial charge in [0.05, 0.1) is 5.70 Å². The predicted octanol–water partition coefficient (Wildman–Crippen LogP) is 4.00. The molecule has 1 saturated carbocycles. The van der Waals surface area contributed by atoms with Crippen LogP contribution in [0.1, 0.15) is 56.1 Å². The first-order valence-corrected chi connectivity index (χ1v) is 7.07. The summed E-state index contributed by atoms with van der Waals surface area (Å²) in [7, 11) is 0. The van der Waals surface area contributed by atoms with E-state index in [0.717, 1.165) is 11.6 Å². The third-order valence-electron chi connectivity index (χ3n) is 4.05. The molecule has 1 aliphatic heterocycles. The van der Waals surface area contributed by atoms with E-state index in [1.165, 1.54) is 43.2 Å². The van der Waals surface area contributed by atoms with Gasteiger partial charge < -0.3 is 0 Å². The summed E-state index contributed by atoms with van der Waals surface area (Å²) in [6, 6.07) is 8.78. The molecule has 1 fully saturated rings. The van der Waals surface area contributed by atoms with E-state index in [4.69, 9.17) is 4.84 Å². The van der Waals surface area contributed by atoms with Crippen LogP contribution in [0.2, 0.25) is 0 Å². The molecular formula is C16H21NO. The molecule has 2 heteroatoms. The Labute approximate surface area is 109 Å². The van der Waals surface area contributed by atoms with Crippen molar-refractivity contribution in [3.05, 3.63) is 41.5 Å². The summed E-state index contributed by atoms with van der Waals surface area (Å²) in [5.41, 5.74) is 7.03. The van der Waals surface area contributed by atoms with Crippen LogP contribution in [0.25, 0.3) is 5.70 Å². The van der Waals surface area contributed by atoms with Crippen LogP contribution in [-0.4, -0.2) is 6.10 Å². The van der Waals surface area contributed by atoms with Gasteiger partial charge in [0.15, 0.2) is 0 Å². The second-order valence-electron chi connectivity index (χ2n) is 5.43. The highest BCUT2D eigenvalue weighted by Gasteiger charge is 2.21. The zero-order chi connectivity index (χ0) is 12.4. The van der Waals surface area contributed by atoms with Crippen LogP contribution in [0.5, 0.6) is 0 Å². The van der Waals surface area contributed by atoms with E-state index < -0.39 is 0 Å². The van der Waals surface area contributed by atoms with E-state index in [0.29, 0.717) is 0 Å². The zero-order valence-electron chi connectivity index (χ0n) is 11.0. The second kappa shape index (κ2) is 5.15. The number of hydrogen-bond donors (Lipinski definition) is 1. The maximum Gasteiger partial charge on any atom is 0.103 e. The van der Waals surface area contributed by atoms with Gasteiger partial charge in [0.25, 0.3) is 0 Å². The molecule has 0 bridgehead atoms. The fourth-order valence-electron chi connectivity index (χ4n) is 3.12. The number of hydrogen-bond acceptors (Lipinski definition) is 2. The molecule has 0 amide bonds. The summed E-state index contributed by atoms with van der Waals surface area (Å²) in [4.78, 5) is 5.42. The van der Waals surface area contributed by atoms with Gasteiger partial charge in [0.2, 0.25) is 0 Å². The van der Waals surface area contributed by atoms with Gasteiger partial charge in [-0.05, 0) is 37.3 Å². The third-order valence-corrected chi connectivity index (χ3v) is 4.05. The van der Waals surface area contributed by atoms with Crippen molar-refractivity contribution in [1.29, 1.82) is 0 Å². The van der Waals surface area contributed by atoms with Crippen LogP contribution in [0.4, 0.5) is 0 Å². The molecule has 2 aliphatic rings. The summed E-state index contributed by atoms with van der Waals surface area (Å²) in [5, 5.41) is 0. The van der Waals surface area contributed by atoms with E-state index >= 15 is 0 Å². The monoisotopic (exact) mass is 243 g/mol. The van der Waals surface area contributed by atoms with Crippen LogP contribution in [0, 0.1) is 0 Å². The van der Waals surface area contributed by atoms with Gasteiger partial charge in [-0.2, -0.15) is 0 Å². The summed E-state index contributed by atoms with van der Waals surface area (Å²) in [6.07, 6.45) is 9.15. The molecule has 0 radical (unpaired) electrons. The Morgan fingerprint density at radius 1 is 1.11 bits per heavy atom. The van der Waals surface area contributed by atoms with Gasteiger partial charge in [-0.3, -0.25) is 10.3 Å². The van der Waals surface area contributed by atoms with E-state index in [1.54, 1.807) is 0 Å². The average Bonchev–Trinajstić information content (AvgIpc) is 2.86. The molecule has 1 aromatic carbocycles. The number of hydroxylamine groups is 1. The van der Waals surface area contributed by atoms with Crippen molar-refractivity contribution >= 4 is 5.70 Å². The smallest absolute Gasteiger partial charge is 0.103 e. The fraction of sp³-hybridized carbons (Fsp3) is 0.500. The highest BCUT2D eigenvalue weighted by Crippen LogP contribution is 2.36. The lowest BCUT2D eigenvalue weighted by Crippen LogP contribution is -2.12. The molecule has 96 valence electrons. The SMILES string of the molecule is CC1C=C(c2ccccc2C2CCCCC2)NO1. The van der Waals surface area contributed by atoms with Gasteiger partial charge >= 0.3 is 0 Å². The van der Waals surface area contributed by atoms with E-state index in [1.807, 2.05) is 0 Å². The number of nitrogens with one attached hydrogen (secondary N) is 1. The molecular weight excluding hydrogens is 222 g/mol. The fourth-order valence-corrected chi connectivity index (χ4v) is 3.12. The predicted molar refractivity (Wildman–Crippen MR) is 73.9 cm³/mol. The van der Waals surface area contributed by atoms with Crippen LogP contribution in [0.3, 0.4) is 0 Å². The van der Waals surface area contributed by atoms with Crippen LogP contribution < -0.4 is 5.48 Å². The summed E-state index contributed by atoms with van der Waals surface area (Å²) in [5.74, 6) is 0.730. The third kappa shape index (κ3) is 2.30. The van der Waals surface area contributed by atoms with Crippen molar-refractivity contribution in [3.8, 4) is 0 Å². The maximum absolute atomic E-state index is 5.42. The van der Waals surface area contributed by atoms with Crippen molar-refractivity contribution < 1.29 is 4.84 Å². The molecule has 18 heavy (non-hydrogen) atoms. The molecule has 1 unspecified atom stereocenters. The van der Waals surface area contributed by atoms with E-state index in [2.05, 4.69) is 42.7 Å². The first-order chi connectivity index (χ1) is 8.84. The van der Waals surface area contributed by atoms with E-state index in [9.17, 15) is 0 Å². The van der Waals surface area contributed by atoms with Crippen LogP contribution in [-0.2, 0) is 4.84 Å². The van der Waals surface area contributed by atoms with Gasteiger partial charge in [0, 0.05) is 5.56 Å². The Morgan fingerprint density at radius 2 is 1.89 bits per heavy atom. The summed E-state index contributed by atoms with van der Waals surface area (Å²) in [6.45, 7) is 2.06. The molecule has 2 nitrogen and oxygen atoms in total. The Balaban J connectivity index is 1.92. The summed E-state index contributed by atoms with van der Waals surface area (Å²) >= 11 is 0. The van der Waals surface area contributed by atoms with E-state index in [-0.39, 0.29) is 6.10 Å². The lowest BCUT2D eigenvalue weighted by Gasteiger charge is -2.24. The number of rotatable bonds is 2. The van der Waals surface area contributed by atoms with Gasteiger partial charge in [-0.1, -0.05) is 43.5 Å². The Kier molecular flexibility index (Phi) is 3.37. The van der Waals surface area contributed by atoms with Crippen molar-refractivity contribution in [2.75, 3.05) is 0 Å². The van der Waals surface area contributed by atoms with Gasteiger partial charge in [0.1, 0.15) is 6.10 Å². The van der Waals surface area contributed by atoms with Crippen molar-refractivity contribution in [3.63, 3.8) is 0 Å². The van der Waals surface area contributed by atoms with Crippen molar-refractivity contribution in [2.24, 2.45) is 0 Å². The molecule has 1 N–H and O–H groups in total. The van der Waals surface area contributed by atoms with Gasteiger partial charge in [-0.15, -0.1) is 0 Å². The minimum atomic E-state index is 0.166. The highest BCUT2D eigenvalue weighted by atomic mass is 16.7. The molecule has 0 spiro atoms. The lowest BCUT2D eigenvalue weighted by molar-refractivity contribution is 0.0625. The molecule has 1 aliphatic carbocycles. The standard InChI is InChI=1S/C16H21NO/c1-12-11-16(17-18-12)15-10-6-5-9-14(15)13-7-3-2-4-8-13/h5-6,9-13,17H,2-4,7-8H2,1H3. The molecule has 0 aromatic heterocycles. The summed E-state index contributed by atoms with van der Waals surface area (Å²) < 4.78 is 0. The quantitative estimate of drug-likeness (QED) is 0.847. The maximum atomic E-state index is 5.42. The highest BCUT2D eigenvalue weighted by molar-refractivity contribution is 5.68. The Bertz CT molecular complexity index is 446. The van der Waals surface area contributed by atoms with Crippen molar-refractivity contribution in [1.82, 2.24) is 5.48 Å². The molecule has 3 rings (SSSR count). The number of benzene rings is 1. The minimum Gasteiger partial charge on any atom is -0.269 e. The first kappa shape index (κ1) is 11.8. The normalized spacial score (nSPS) is 24.7. The second-order valence-corrected chi connectivity index (χ2v) is 5.43. The molecule has 1 heterocycles. The topological polar surface area (TPSA) is 21.3 Å². The zero-order valence-corrected chi connectivity index (χ0v) is 11.0. The minimum absolute atomic E-state index is 0.166. The van der Waals surface area contributed by atoms with Crippen molar-refractivity contribution in [2.45, 2.75) is 51.0 Å². The van der Waals surface area contributed by atoms with Gasteiger partial charge in [-0.25, -0.2) is 0 Å². The largest absolute Gasteiger partial charge is 0.269 e. The first-order valence-electron chi connectivity index (χ1n) is 7.07. The van der Waals surface area contributed by atoms with Crippen LogP contribution >= 0.6 is 0 Å². The molecule has 1 aromatic rings. The van der Waals surface area contributed by atoms with Crippen LogP contribution in [0.15, 0.2) is 30.3 Å². The Morgan fingerprint density at radius 3 is 2.61 bits per heavy atom. The molecule has 0 saturated heterocycles. The lowest BCUT2D eigenvalue weighted by atomic mass is 9.81.